The second kappa shape index (κ2) is 19.1. The van der Waals surface area contributed by atoms with Gasteiger partial charge in [-0.1, -0.05) is 100 Å². The fourth-order valence-corrected chi connectivity index (χ4v) is 6.85. The lowest BCUT2D eigenvalue weighted by Crippen LogP contribution is -2.33. The predicted molar refractivity (Wildman–Crippen MR) is 222 cm³/mol. The first-order valence-corrected chi connectivity index (χ1v) is 20.0. The van der Waals surface area contributed by atoms with Gasteiger partial charge in [0.15, 0.2) is 26.2 Å². The van der Waals surface area contributed by atoms with Gasteiger partial charge in [-0.25, -0.2) is 9.15 Å². The molecule has 0 N–H and O–H groups in total. The van der Waals surface area contributed by atoms with Gasteiger partial charge in [0.1, 0.15) is 37.9 Å². The minimum Gasteiger partial charge on any atom is -0.456 e. The molecule has 0 aliphatic carbocycles. The molecule has 4 aromatic rings. The molecule has 2 fully saturated rings. The minimum atomic E-state index is 0.707. The number of ether oxygens (including phenoxy) is 3. The Balaban J connectivity index is 1.39. The molecule has 0 unspecified atom stereocenters. The molecule has 0 amide bonds. The van der Waals surface area contributed by atoms with Crippen LogP contribution in [0.1, 0.15) is 22.3 Å². The average Bonchev–Trinajstić information content (AvgIpc) is 3.16. The molecule has 2 aliphatic heterocycles. The summed E-state index contributed by atoms with van der Waals surface area (Å²) in [5.41, 5.74) is 6.50. The lowest BCUT2D eigenvalue weighted by molar-refractivity contribution is -0.548. The molecule has 2 saturated heterocycles. The molecular weight excluding hydrogens is 900 g/mol. The van der Waals surface area contributed by atoms with Crippen LogP contribution >= 0.6 is 63.7 Å². The Morgan fingerprint density at radius 2 is 0.745 bits per heavy atom. The maximum absolute atomic E-state index is 6.89. The maximum atomic E-state index is 6.89. The summed E-state index contributed by atoms with van der Waals surface area (Å²) in [4.78, 5) is 0. The van der Waals surface area contributed by atoms with E-state index in [0.29, 0.717) is 26.4 Å². The fraction of sp³-hybridized carbons (Fsp3) is 0.190. The molecule has 0 bridgehead atoms. The van der Waals surface area contributed by atoms with E-state index in [1.165, 1.54) is 0 Å². The average molecular weight is 938 g/mol. The number of morpholine rings is 2. The van der Waals surface area contributed by atoms with Crippen molar-refractivity contribution in [2.75, 3.05) is 52.6 Å². The summed E-state index contributed by atoms with van der Waals surface area (Å²) in [5.74, 6) is 1.45. The molecule has 0 aromatic heterocycles. The number of hydrogen-bond acceptors (Lipinski definition) is 3. The van der Waals surface area contributed by atoms with Crippen molar-refractivity contribution in [1.29, 1.82) is 0 Å². The van der Waals surface area contributed by atoms with Crippen LogP contribution in [0.3, 0.4) is 0 Å². The molecule has 0 saturated carbocycles. The first-order valence-electron chi connectivity index (χ1n) is 16.8. The third-order valence-corrected chi connectivity index (χ3v) is 10.6. The number of benzene rings is 4. The van der Waals surface area contributed by atoms with Gasteiger partial charge in [0.25, 0.3) is 0 Å². The van der Waals surface area contributed by atoms with E-state index in [4.69, 9.17) is 14.2 Å². The van der Waals surface area contributed by atoms with Crippen molar-refractivity contribution in [1.82, 2.24) is 0 Å². The second-order valence-corrected chi connectivity index (χ2v) is 15.5. The molecule has 0 atom stereocenters. The fourth-order valence-electron chi connectivity index (χ4n) is 5.80. The highest BCUT2D eigenvalue weighted by atomic mass is 79.9. The van der Waals surface area contributed by atoms with E-state index in [2.05, 4.69) is 170 Å². The molecule has 260 valence electrons. The van der Waals surface area contributed by atoms with Crippen LogP contribution in [0.5, 0.6) is 0 Å². The van der Waals surface area contributed by atoms with E-state index in [1.807, 2.05) is 36.4 Å². The molecule has 0 spiro atoms. The molecule has 5 nitrogen and oxygen atoms in total. The molecule has 0 radical (unpaired) electrons. The summed E-state index contributed by atoms with van der Waals surface area (Å²) < 4.78 is 27.1. The first kappa shape index (κ1) is 37.6. The van der Waals surface area contributed by atoms with Crippen LogP contribution in [0, 0.1) is 0 Å². The van der Waals surface area contributed by atoms with Gasteiger partial charge >= 0.3 is 0 Å². The van der Waals surface area contributed by atoms with Crippen molar-refractivity contribution < 1.29 is 23.4 Å². The van der Waals surface area contributed by atoms with Gasteiger partial charge in [0.05, 0.1) is 0 Å². The van der Waals surface area contributed by atoms with Crippen molar-refractivity contribution >= 4 is 86.7 Å². The van der Waals surface area contributed by atoms with Gasteiger partial charge in [0.2, 0.25) is 11.4 Å². The number of nitrogens with zero attached hydrogens (tertiary/aromatic N) is 2. The molecule has 2 aliphatic rings. The largest absolute Gasteiger partial charge is 0.456 e. The quantitative estimate of drug-likeness (QED) is 0.0903. The van der Waals surface area contributed by atoms with Gasteiger partial charge in [-0.2, -0.15) is 0 Å². The third-order valence-electron chi connectivity index (χ3n) is 8.46. The van der Waals surface area contributed by atoms with E-state index in [1.54, 1.807) is 0 Å². The summed E-state index contributed by atoms with van der Waals surface area (Å²) >= 11 is 14.4. The van der Waals surface area contributed by atoms with Gasteiger partial charge in [-0.15, -0.1) is 0 Å². The molecule has 9 heteroatoms. The van der Waals surface area contributed by atoms with Crippen molar-refractivity contribution in [2.45, 2.75) is 0 Å². The van der Waals surface area contributed by atoms with Gasteiger partial charge in [-0.05, 0) is 84.9 Å². The first-order chi connectivity index (χ1) is 24.9. The normalized spacial score (nSPS) is 15.8. The lowest BCUT2D eigenvalue weighted by atomic mass is 10.1. The summed E-state index contributed by atoms with van der Waals surface area (Å²) in [5, 5.41) is 0. The Kier molecular flexibility index (Phi) is 14.0. The number of rotatable bonds is 10. The Labute approximate surface area is 333 Å². The highest BCUT2D eigenvalue weighted by Gasteiger charge is 2.20. The Morgan fingerprint density at radius 1 is 0.451 bits per heavy atom. The summed E-state index contributed by atoms with van der Waals surface area (Å²) in [6.45, 7) is 6.17. The van der Waals surface area contributed by atoms with Gasteiger partial charge in [-0.3, -0.25) is 0 Å². The van der Waals surface area contributed by atoms with Gasteiger partial charge in [0, 0.05) is 52.3 Å². The Hall–Kier alpha value is -3.18. The molecule has 51 heavy (non-hydrogen) atoms. The zero-order valence-electron chi connectivity index (χ0n) is 28.0. The van der Waals surface area contributed by atoms with E-state index < -0.39 is 0 Å². The van der Waals surface area contributed by atoms with Crippen molar-refractivity contribution in [2.24, 2.45) is 0 Å². The summed E-state index contributed by atoms with van der Waals surface area (Å²) in [6, 6.07) is 33.3. The molecule has 2 heterocycles. The van der Waals surface area contributed by atoms with Crippen LogP contribution in [0.25, 0.3) is 11.5 Å². The molecular formula is C42H38Br4N2O3+2. The smallest absolute Gasteiger partial charge is 0.207 e. The van der Waals surface area contributed by atoms with E-state index >= 15 is 0 Å². The third kappa shape index (κ3) is 10.9. The van der Waals surface area contributed by atoms with Crippen molar-refractivity contribution in [3.05, 3.63) is 174 Å². The monoisotopic (exact) mass is 934 g/mol. The molecule has 6 rings (SSSR count). The SMILES string of the molecule is Brc1ccc(C(/C=C/C=C(/O/C(=C/C=C/C(c2ccc(Br)cc2)=[N+]2CCOCC2)c2ccc(Br)cc2)c2ccc(Br)cc2)=[N+]2CCOCC2)cc1. The predicted octanol–water partition coefficient (Wildman–Crippen LogP) is 10.3. The lowest BCUT2D eigenvalue weighted by Gasteiger charge is -2.15. The summed E-state index contributed by atoms with van der Waals surface area (Å²) in [7, 11) is 0. The zero-order valence-corrected chi connectivity index (χ0v) is 34.3. The van der Waals surface area contributed by atoms with E-state index in [-0.39, 0.29) is 0 Å². The Bertz CT molecular complexity index is 1820. The highest BCUT2D eigenvalue weighted by molar-refractivity contribution is 9.11. The van der Waals surface area contributed by atoms with Crippen molar-refractivity contribution in [3.63, 3.8) is 0 Å². The van der Waals surface area contributed by atoms with Crippen LogP contribution in [-0.2, 0) is 14.2 Å². The number of hydrogen-bond donors (Lipinski definition) is 0. The highest BCUT2D eigenvalue weighted by Crippen LogP contribution is 2.28. The van der Waals surface area contributed by atoms with Crippen LogP contribution in [-0.4, -0.2) is 73.2 Å². The number of allylic oxidation sites excluding steroid dienone is 6. The second-order valence-electron chi connectivity index (χ2n) is 11.9. The van der Waals surface area contributed by atoms with E-state index in [9.17, 15) is 0 Å². The van der Waals surface area contributed by atoms with Crippen LogP contribution < -0.4 is 0 Å². The zero-order chi connectivity index (χ0) is 35.4. The van der Waals surface area contributed by atoms with Crippen LogP contribution in [0.4, 0.5) is 0 Å². The van der Waals surface area contributed by atoms with Crippen LogP contribution in [0.2, 0.25) is 0 Å². The summed E-state index contributed by atoms with van der Waals surface area (Å²) in [6.07, 6.45) is 12.6. The minimum absolute atomic E-state index is 0.707. The Morgan fingerprint density at radius 3 is 1.06 bits per heavy atom. The van der Waals surface area contributed by atoms with Crippen LogP contribution in [0.15, 0.2) is 151 Å². The van der Waals surface area contributed by atoms with Crippen molar-refractivity contribution in [3.8, 4) is 0 Å². The standard InChI is InChI=1S/C42H38Br4N2O3/c43-35-15-7-31(8-16-35)39(47-23-27-49-28-24-47)3-1-5-41(33-11-19-37(45)20-12-33)51-42(34-13-21-38(46)22-14-34)6-2-4-40(48-25-29-50-30-26-48)32-9-17-36(44)18-10-32/h1-22H,23-30H2/q+2/b3-1+,4-2+,41-5+,42-6+. The topological polar surface area (TPSA) is 33.7 Å². The molecule has 4 aromatic carbocycles. The number of halogens is 4. The van der Waals surface area contributed by atoms with E-state index in [0.717, 1.165) is 89.3 Å². The maximum Gasteiger partial charge on any atom is 0.207 e. The van der Waals surface area contributed by atoms with Gasteiger partial charge < -0.3 is 14.2 Å².